The number of aliphatic hydroxyl groups excluding tert-OH is 1. The number of benzene rings is 1. The first-order valence-corrected chi connectivity index (χ1v) is 15.8. The third kappa shape index (κ3) is 11.9. The number of carbonyl (C=O) groups excluding carboxylic acids is 1. The van der Waals surface area contributed by atoms with Crippen molar-refractivity contribution in [2.24, 2.45) is 21.7 Å². The zero-order chi connectivity index (χ0) is 32.4. The molecule has 0 bridgehead atoms. The topological polar surface area (TPSA) is 124 Å². The van der Waals surface area contributed by atoms with Gasteiger partial charge in [-0.15, -0.1) is 0 Å². The number of aliphatic imine (C=N–C) groups is 1. The van der Waals surface area contributed by atoms with Crippen LogP contribution >= 0.6 is 0 Å². The Morgan fingerprint density at radius 2 is 1.91 bits per heavy atom. The molecule has 2 aliphatic rings. The van der Waals surface area contributed by atoms with Crippen molar-refractivity contribution in [3.05, 3.63) is 58.0 Å². The number of aliphatic hydroxyl groups is 1. The number of carbonyl (C=O) groups is 1. The van der Waals surface area contributed by atoms with Crippen LogP contribution in [0.15, 0.2) is 51.4 Å². The lowest BCUT2D eigenvalue weighted by Crippen LogP contribution is -2.41. The molecule has 1 aliphatic heterocycles. The highest BCUT2D eigenvalue weighted by Crippen LogP contribution is 2.43. The number of aryl methyl sites for hydroxylation is 3. The van der Waals surface area contributed by atoms with Crippen LogP contribution in [-0.2, 0) is 22.4 Å². The van der Waals surface area contributed by atoms with E-state index in [2.05, 4.69) is 42.1 Å². The highest BCUT2D eigenvalue weighted by atomic mass is 16.5. The van der Waals surface area contributed by atoms with Crippen molar-refractivity contribution < 1.29 is 14.6 Å². The molecule has 1 aliphatic carbocycles. The van der Waals surface area contributed by atoms with Gasteiger partial charge in [-0.25, -0.2) is 5.01 Å². The molecule has 0 radical (unpaired) electrons. The second-order valence-electron chi connectivity index (χ2n) is 11.2. The maximum absolute atomic E-state index is 11.8. The van der Waals surface area contributed by atoms with Crippen molar-refractivity contribution in [1.29, 1.82) is 5.26 Å². The second kappa shape index (κ2) is 19.6. The fraction of sp³-hybridized carbons (Fsp3) is 0.600. The lowest BCUT2D eigenvalue weighted by Gasteiger charge is -2.38. The molecule has 3 N–H and O–H groups in total. The van der Waals surface area contributed by atoms with Crippen molar-refractivity contribution in [2.75, 3.05) is 6.67 Å². The molecule has 1 aromatic rings. The van der Waals surface area contributed by atoms with Gasteiger partial charge < -0.3 is 15.6 Å². The maximum atomic E-state index is 11.8. The van der Waals surface area contributed by atoms with Crippen LogP contribution in [0.2, 0.25) is 0 Å². The molecule has 1 saturated carbocycles. The van der Waals surface area contributed by atoms with Crippen LogP contribution in [-0.4, -0.2) is 40.4 Å². The second-order valence-corrected chi connectivity index (χ2v) is 11.2. The molecule has 0 aromatic heterocycles. The average molecular weight is 594 g/mol. The standard InChI is InChI=1S/C30H44N4O3.C3H5N.C2H6/c1-6-26-17-25(12-11-21(26)2)13-14-30(37-20-35,27-9-7-8-10-27)18-28(36)22(3)15-29(31)33-34-19-32-23(4)16-24(34)5;1-2-3-4;1-2/h11-12,16-17,20,27,36H,6-10,13-15,18-19H2,1-5H3,(H2,31,33);2H2,1H3;1-2H3/b28-22-;;. The molecule has 238 valence electrons. The van der Waals surface area contributed by atoms with Crippen LogP contribution in [0.5, 0.6) is 0 Å². The third-order valence-electron chi connectivity index (χ3n) is 8.11. The highest BCUT2D eigenvalue weighted by Gasteiger charge is 2.43. The summed E-state index contributed by atoms with van der Waals surface area (Å²) in [5.41, 5.74) is 12.1. The van der Waals surface area contributed by atoms with E-state index in [0.717, 1.165) is 55.5 Å². The largest absolute Gasteiger partial charge is 0.512 e. The fourth-order valence-electron chi connectivity index (χ4n) is 5.62. The van der Waals surface area contributed by atoms with Crippen LogP contribution in [0.1, 0.15) is 117 Å². The number of nitrogens with two attached hydrogens (primary N) is 1. The molecule has 1 unspecified atom stereocenters. The van der Waals surface area contributed by atoms with Gasteiger partial charge in [-0.05, 0) is 94.1 Å². The van der Waals surface area contributed by atoms with Crippen LogP contribution < -0.4 is 5.73 Å². The number of rotatable bonds is 12. The van der Waals surface area contributed by atoms with Gasteiger partial charge in [0.2, 0.25) is 0 Å². The van der Waals surface area contributed by atoms with Gasteiger partial charge in [0.25, 0.3) is 6.47 Å². The van der Waals surface area contributed by atoms with Crippen molar-refractivity contribution in [2.45, 2.75) is 125 Å². The SMILES string of the molecule is CC.CCC#N.CCc1cc(CCC(C/C(O)=C(\C)C/C(N)=N/N2CN=C(C)C=C2C)(OC=O)C2CCCC2)ccc1C. The number of ether oxygens (including phenoxy) is 1. The smallest absolute Gasteiger partial charge is 0.293 e. The van der Waals surface area contributed by atoms with E-state index in [-0.39, 0.29) is 18.1 Å². The van der Waals surface area contributed by atoms with Gasteiger partial charge in [0.05, 0.1) is 11.8 Å². The van der Waals surface area contributed by atoms with Gasteiger partial charge in [-0.2, -0.15) is 10.4 Å². The number of allylic oxidation sites excluding steroid dienone is 2. The third-order valence-corrected chi connectivity index (χ3v) is 8.11. The normalized spacial score (nSPS) is 17.1. The number of nitriles is 1. The predicted octanol–water partition coefficient (Wildman–Crippen LogP) is 8.06. The summed E-state index contributed by atoms with van der Waals surface area (Å²) >= 11 is 0. The molecule has 8 nitrogen and oxygen atoms in total. The van der Waals surface area contributed by atoms with E-state index in [1.165, 1.54) is 16.7 Å². The number of nitrogens with zero attached hydrogens (tertiary/aromatic N) is 4. The molecule has 1 atom stereocenters. The minimum atomic E-state index is -0.745. The van der Waals surface area contributed by atoms with Crippen molar-refractivity contribution in [3.63, 3.8) is 0 Å². The Hall–Kier alpha value is -3.60. The molecule has 3 rings (SSSR count). The number of hydrogen-bond donors (Lipinski definition) is 2. The lowest BCUT2D eigenvalue weighted by atomic mass is 9.77. The van der Waals surface area contributed by atoms with Gasteiger partial charge in [0.1, 0.15) is 18.1 Å². The van der Waals surface area contributed by atoms with Gasteiger partial charge >= 0.3 is 0 Å². The van der Waals surface area contributed by atoms with Crippen molar-refractivity contribution in [1.82, 2.24) is 5.01 Å². The molecule has 1 heterocycles. The van der Waals surface area contributed by atoms with Crippen LogP contribution in [0.25, 0.3) is 0 Å². The fourth-order valence-corrected chi connectivity index (χ4v) is 5.62. The highest BCUT2D eigenvalue weighted by molar-refractivity contribution is 5.93. The van der Waals surface area contributed by atoms with Crippen molar-refractivity contribution in [3.8, 4) is 6.07 Å². The molecule has 0 saturated heterocycles. The van der Waals surface area contributed by atoms with Gasteiger partial charge in [-0.3, -0.25) is 9.79 Å². The van der Waals surface area contributed by atoms with Crippen LogP contribution in [0.4, 0.5) is 0 Å². The van der Waals surface area contributed by atoms with Gasteiger partial charge in [-0.1, -0.05) is 58.7 Å². The Labute approximate surface area is 260 Å². The Balaban J connectivity index is 0.00000142. The Kier molecular flexibility index (Phi) is 17.0. The van der Waals surface area contributed by atoms with E-state index in [4.69, 9.17) is 15.7 Å². The van der Waals surface area contributed by atoms with E-state index >= 15 is 0 Å². The van der Waals surface area contributed by atoms with E-state index < -0.39 is 5.60 Å². The molecule has 1 fully saturated rings. The Morgan fingerprint density at radius 3 is 2.47 bits per heavy atom. The maximum Gasteiger partial charge on any atom is 0.293 e. The average Bonchev–Trinajstić information content (AvgIpc) is 3.55. The predicted molar refractivity (Wildman–Crippen MR) is 178 cm³/mol. The monoisotopic (exact) mass is 593 g/mol. The molecule has 8 heteroatoms. The summed E-state index contributed by atoms with van der Waals surface area (Å²) in [6.07, 6.45) is 9.88. The Bertz CT molecular complexity index is 1190. The molecular formula is C35H55N5O3. The van der Waals surface area contributed by atoms with Crippen LogP contribution in [0, 0.1) is 24.2 Å². The molecular weight excluding hydrogens is 538 g/mol. The van der Waals surface area contributed by atoms with Gasteiger partial charge in [0.15, 0.2) is 0 Å². The van der Waals surface area contributed by atoms with Crippen LogP contribution in [0.3, 0.4) is 0 Å². The first kappa shape index (κ1) is 37.4. The zero-order valence-electron chi connectivity index (χ0n) is 27.9. The van der Waals surface area contributed by atoms with E-state index in [1.54, 1.807) is 5.01 Å². The first-order chi connectivity index (χ1) is 20.6. The summed E-state index contributed by atoms with van der Waals surface area (Å²) in [7, 11) is 0. The first-order valence-electron chi connectivity index (χ1n) is 15.8. The molecule has 0 spiro atoms. The Morgan fingerprint density at radius 1 is 1.26 bits per heavy atom. The summed E-state index contributed by atoms with van der Waals surface area (Å²) in [6, 6.07) is 8.52. The molecule has 43 heavy (non-hydrogen) atoms. The minimum Gasteiger partial charge on any atom is -0.512 e. The lowest BCUT2D eigenvalue weighted by molar-refractivity contribution is -0.152. The van der Waals surface area contributed by atoms with E-state index in [9.17, 15) is 9.90 Å². The summed E-state index contributed by atoms with van der Waals surface area (Å²) in [4.78, 5) is 16.2. The number of amidine groups is 1. The van der Waals surface area contributed by atoms with Crippen molar-refractivity contribution >= 4 is 18.0 Å². The van der Waals surface area contributed by atoms with E-state index in [1.807, 2.05) is 53.7 Å². The number of hydrazone groups is 1. The summed E-state index contributed by atoms with van der Waals surface area (Å²) in [5.74, 6) is 0.850. The number of hydrogen-bond acceptors (Lipinski definition) is 7. The zero-order valence-corrected chi connectivity index (χ0v) is 27.9. The minimum absolute atomic E-state index is 0.219. The molecule has 1 aromatic carbocycles. The van der Waals surface area contributed by atoms with Gasteiger partial charge in [0, 0.05) is 30.7 Å². The summed E-state index contributed by atoms with van der Waals surface area (Å²) in [5, 5.41) is 25.1. The molecule has 0 amide bonds. The summed E-state index contributed by atoms with van der Waals surface area (Å²) < 4.78 is 5.92. The summed E-state index contributed by atoms with van der Waals surface area (Å²) in [6.45, 7) is 16.9. The van der Waals surface area contributed by atoms with E-state index in [0.29, 0.717) is 38.2 Å². The quantitative estimate of drug-likeness (QED) is 0.109.